The lowest BCUT2D eigenvalue weighted by molar-refractivity contribution is 0.281. The van der Waals surface area contributed by atoms with Crippen molar-refractivity contribution in [3.8, 4) is 0 Å². The highest BCUT2D eigenvalue weighted by Crippen LogP contribution is 2.08. The van der Waals surface area contributed by atoms with Crippen molar-refractivity contribution >= 4 is 0 Å². The number of nitrogens with zero attached hydrogens (tertiary/aromatic N) is 1. The van der Waals surface area contributed by atoms with Crippen LogP contribution in [-0.4, -0.2) is 24.0 Å². The van der Waals surface area contributed by atoms with Gasteiger partial charge in [-0.25, -0.2) is 0 Å². The molecule has 1 aliphatic heterocycles. The largest absolute Gasteiger partial charge is 0.301 e. The summed E-state index contributed by atoms with van der Waals surface area (Å²) >= 11 is 0. The van der Waals surface area contributed by atoms with Crippen LogP contribution in [0.3, 0.4) is 0 Å². The van der Waals surface area contributed by atoms with Crippen molar-refractivity contribution < 1.29 is 0 Å². The van der Waals surface area contributed by atoms with Gasteiger partial charge >= 0.3 is 0 Å². The van der Waals surface area contributed by atoms with Crippen LogP contribution in [0.2, 0.25) is 0 Å². The molecule has 0 aromatic rings. The molecule has 1 rings (SSSR count). The Morgan fingerprint density at radius 1 is 1.50 bits per heavy atom. The topological polar surface area (TPSA) is 3.24 Å². The van der Waals surface area contributed by atoms with E-state index >= 15 is 0 Å². The summed E-state index contributed by atoms with van der Waals surface area (Å²) in [6.07, 6.45) is 3.64. The Morgan fingerprint density at radius 3 is 2.50 bits per heavy atom. The smallest absolute Gasteiger partial charge is 0.00387 e. The molecule has 47 valence electrons. The molecule has 1 aliphatic rings. The lowest BCUT2D eigenvalue weighted by Gasteiger charge is -2.18. The lowest BCUT2D eigenvalue weighted by atomic mass is 10.3. The Hall–Kier alpha value is -0.0400. The Balaban J connectivity index is 2.24. The van der Waals surface area contributed by atoms with Gasteiger partial charge in [0.1, 0.15) is 0 Å². The first kappa shape index (κ1) is 6.09. The van der Waals surface area contributed by atoms with Crippen LogP contribution in [0.15, 0.2) is 0 Å². The Kier molecular flexibility index (Phi) is 1.90. The van der Waals surface area contributed by atoms with Gasteiger partial charge in [0.05, 0.1) is 0 Å². The summed E-state index contributed by atoms with van der Waals surface area (Å²) in [4.78, 5) is 2.47. The van der Waals surface area contributed by atoms with Crippen LogP contribution < -0.4 is 0 Å². The van der Waals surface area contributed by atoms with Gasteiger partial charge in [-0.15, -0.1) is 0 Å². The van der Waals surface area contributed by atoms with Gasteiger partial charge in [-0.05, 0) is 33.2 Å². The lowest BCUT2D eigenvalue weighted by Crippen LogP contribution is -2.26. The molecule has 0 aromatic carbocycles. The summed E-state index contributed by atoms with van der Waals surface area (Å²) in [5, 5.41) is 0. The van der Waals surface area contributed by atoms with E-state index in [4.69, 9.17) is 0 Å². The van der Waals surface area contributed by atoms with Gasteiger partial charge in [0.2, 0.25) is 0 Å². The Morgan fingerprint density at radius 2 is 2.25 bits per heavy atom. The van der Waals surface area contributed by atoms with Gasteiger partial charge in [-0.2, -0.15) is 0 Å². The maximum absolute atomic E-state index is 2.47. The van der Waals surface area contributed by atoms with Crippen molar-refractivity contribution in [1.82, 2.24) is 4.90 Å². The van der Waals surface area contributed by atoms with Crippen molar-refractivity contribution in [2.75, 3.05) is 13.1 Å². The van der Waals surface area contributed by atoms with Crippen LogP contribution in [-0.2, 0) is 0 Å². The fraction of sp³-hybridized carbons (Fsp3) is 0.857. The Bertz CT molecular complexity index is 62.8. The van der Waals surface area contributed by atoms with Crippen LogP contribution >= 0.6 is 0 Å². The van der Waals surface area contributed by atoms with Crippen LogP contribution in [0, 0.1) is 6.42 Å². The Labute approximate surface area is 51.7 Å². The van der Waals surface area contributed by atoms with Crippen LogP contribution in [0.4, 0.5) is 0 Å². The predicted octanol–water partition coefficient (Wildman–Crippen LogP) is 1.30. The summed E-state index contributed by atoms with van der Waals surface area (Å²) in [6, 6.07) is 0.744. The molecule has 1 heteroatoms. The first-order chi connectivity index (χ1) is 3.80. The molecule has 8 heavy (non-hydrogen) atoms. The first-order valence-corrected chi connectivity index (χ1v) is 3.36. The van der Waals surface area contributed by atoms with E-state index in [1.807, 2.05) is 0 Å². The summed E-state index contributed by atoms with van der Waals surface area (Å²) in [5.74, 6) is 0. The van der Waals surface area contributed by atoms with E-state index in [1.165, 1.54) is 19.5 Å². The van der Waals surface area contributed by atoms with Crippen molar-refractivity contribution in [2.24, 2.45) is 0 Å². The fourth-order valence-electron chi connectivity index (χ4n) is 1.07. The van der Waals surface area contributed by atoms with Crippen molar-refractivity contribution in [3.63, 3.8) is 0 Å². The highest BCUT2D eigenvalue weighted by Gasteiger charge is 2.13. The summed E-state index contributed by atoms with van der Waals surface area (Å²) in [6.45, 7) is 6.98. The molecule has 1 radical (unpaired) electrons. The zero-order chi connectivity index (χ0) is 5.98. The summed E-state index contributed by atoms with van der Waals surface area (Å²) in [7, 11) is 0. The van der Waals surface area contributed by atoms with E-state index < -0.39 is 0 Å². The van der Waals surface area contributed by atoms with Gasteiger partial charge in [0.25, 0.3) is 0 Å². The SMILES string of the molecule is CC(C)N1C[CH]CC1. The third-order valence-electron chi connectivity index (χ3n) is 1.71. The molecular weight excluding hydrogens is 98.1 g/mol. The summed E-state index contributed by atoms with van der Waals surface area (Å²) in [5.41, 5.74) is 0. The van der Waals surface area contributed by atoms with Gasteiger partial charge < -0.3 is 4.90 Å². The average molecular weight is 112 g/mol. The van der Waals surface area contributed by atoms with Crippen molar-refractivity contribution in [1.29, 1.82) is 0 Å². The number of rotatable bonds is 1. The molecule has 0 aromatic heterocycles. The molecule has 1 heterocycles. The maximum atomic E-state index is 2.47. The zero-order valence-electron chi connectivity index (χ0n) is 5.72. The van der Waals surface area contributed by atoms with Crippen LogP contribution in [0.1, 0.15) is 20.3 Å². The first-order valence-electron chi connectivity index (χ1n) is 3.36. The van der Waals surface area contributed by atoms with Gasteiger partial charge in [0, 0.05) is 12.6 Å². The van der Waals surface area contributed by atoms with Crippen molar-refractivity contribution in [3.05, 3.63) is 6.42 Å². The normalized spacial score (nSPS) is 22.9. The van der Waals surface area contributed by atoms with Crippen LogP contribution in [0.5, 0.6) is 0 Å². The molecule has 1 nitrogen and oxygen atoms in total. The standard InChI is InChI=1S/C7H14N/c1-7(2)8-5-3-4-6-8/h3,7H,4-6H2,1-2H3. The molecule has 0 unspecified atom stereocenters. The van der Waals surface area contributed by atoms with Gasteiger partial charge in [-0.3, -0.25) is 0 Å². The highest BCUT2D eigenvalue weighted by atomic mass is 15.2. The molecule has 1 fully saturated rings. The average Bonchev–Trinajstić information content (AvgIpc) is 2.12. The minimum atomic E-state index is 0.744. The molecule has 0 atom stereocenters. The molecule has 0 bridgehead atoms. The van der Waals surface area contributed by atoms with E-state index in [1.54, 1.807) is 0 Å². The number of likely N-dealkylation sites (tertiary alicyclic amines) is 1. The molecule has 0 N–H and O–H groups in total. The molecular formula is C7H14N. The highest BCUT2D eigenvalue weighted by molar-refractivity contribution is 4.82. The molecule has 0 amide bonds. The monoisotopic (exact) mass is 112 g/mol. The third-order valence-corrected chi connectivity index (χ3v) is 1.71. The van der Waals surface area contributed by atoms with Gasteiger partial charge in [-0.1, -0.05) is 0 Å². The van der Waals surface area contributed by atoms with Crippen LogP contribution in [0.25, 0.3) is 0 Å². The summed E-state index contributed by atoms with van der Waals surface area (Å²) < 4.78 is 0. The minimum absolute atomic E-state index is 0.744. The van der Waals surface area contributed by atoms with E-state index in [0.29, 0.717) is 0 Å². The van der Waals surface area contributed by atoms with E-state index in [-0.39, 0.29) is 0 Å². The zero-order valence-corrected chi connectivity index (χ0v) is 5.72. The third kappa shape index (κ3) is 1.22. The quantitative estimate of drug-likeness (QED) is 0.494. The van der Waals surface area contributed by atoms with Crippen molar-refractivity contribution in [2.45, 2.75) is 26.3 Å². The fourth-order valence-corrected chi connectivity index (χ4v) is 1.07. The maximum Gasteiger partial charge on any atom is 0.00387 e. The second-order valence-corrected chi connectivity index (χ2v) is 2.67. The minimum Gasteiger partial charge on any atom is -0.301 e. The molecule has 0 saturated carbocycles. The van der Waals surface area contributed by atoms with E-state index in [2.05, 4.69) is 25.2 Å². The van der Waals surface area contributed by atoms with E-state index in [0.717, 1.165) is 6.04 Å². The molecule has 0 aliphatic carbocycles. The van der Waals surface area contributed by atoms with Gasteiger partial charge in [0.15, 0.2) is 0 Å². The number of hydrogen-bond donors (Lipinski definition) is 0. The second kappa shape index (κ2) is 2.49. The van der Waals surface area contributed by atoms with E-state index in [9.17, 15) is 0 Å². The number of hydrogen-bond acceptors (Lipinski definition) is 1. The second-order valence-electron chi connectivity index (χ2n) is 2.67. The molecule has 1 saturated heterocycles. The molecule has 0 spiro atoms. The predicted molar refractivity (Wildman–Crippen MR) is 35.6 cm³/mol.